The second kappa shape index (κ2) is 9.32. The Kier molecular flexibility index (Phi) is 6.32. The molecule has 0 aliphatic carbocycles. The molecule has 4 rings (SSSR count). The lowest BCUT2D eigenvalue weighted by Gasteiger charge is -2.10. The highest BCUT2D eigenvalue weighted by atomic mass is 32.1. The third-order valence-electron chi connectivity index (χ3n) is 5.22. The third kappa shape index (κ3) is 5.20. The first-order chi connectivity index (χ1) is 15.4. The summed E-state index contributed by atoms with van der Waals surface area (Å²) >= 11 is 5.51. The van der Waals surface area contributed by atoms with Crippen LogP contribution in [0.15, 0.2) is 60.9 Å². The summed E-state index contributed by atoms with van der Waals surface area (Å²) < 4.78 is 16.8. The summed E-state index contributed by atoms with van der Waals surface area (Å²) in [5.74, 6) is -0.249. The van der Waals surface area contributed by atoms with Crippen LogP contribution in [-0.4, -0.2) is 24.7 Å². The SMILES string of the molecule is Cc1ccc(Cn2nc(C)c(NC(=S)Nc3cnn(Cc4ccc(F)cc4)c3)c2C)cc1. The molecule has 0 unspecified atom stereocenters. The van der Waals surface area contributed by atoms with Crippen LogP contribution in [0.2, 0.25) is 0 Å². The van der Waals surface area contributed by atoms with Crippen molar-refractivity contribution in [1.82, 2.24) is 19.6 Å². The maximum atomic E-state index is 13.1. The Hall–Kier alpha value is -3.52. The van der Waals surface area contributed by atoms with Gasteiger partial charge in [-0.05, 0) is 56.2 Å². The van der Waals surface area contributed by atoms with E-state index >= 15 is 0 Å². The van der Waals surface area contributed by atoms with E-state index in [2.05, 4.69) is 52.0 Å². The summed E-state index contributed by atoms with van der Waals surface area (Å²) in [6.45, 7) is 7.32. The number of aryl methyl sites for hydroxylation is 2. The molecule has 164 valence electrons. The van der Waals surface area contributed by atoms with Crippen molar-refractivity contribution in [2.75, 3.05) is 10.6 Å². The van der Waals surface area contributed by atoms with Gasteiger partial charge in [0.05, 0.1) is 42.0 Å². The van der Waals surface area contributed by atoms with Gasteiger partial charge in [0.15, 0.2) is 5.11 Å². The van der Waals surface area contributed by atoms with Crippen LogP contribution >= 0.6 is 12.2 Å². The van der Waals surface area contributed by atoms with Gasteiger partial charge in [0.2, 0.25) is 0 Å². The highest BCUT2D eigenvalue weighted by Gasteiger charge is 2.13. The van der Waals surface area contributed by atoms with Gasteiger partial charge in [-0.1, -0.05) is 42.0 Å². The molecule has 32 heavy (non-hydrogen) atoms. The summed E-state index contributed by atoms with van der Waals surface area (Å²) in [6.07, 6.45) is 3.57. The van der Waals surface area contributed by atoms with Crippen molar-refractivity contribution in [3.8, 4) is 0 Å². The molecular formula is C24H25FN6S. The van der Waals surface area contributed by atoms with E-state index in [4.69, 9.17) is 12.2 Å². The number of anilines is 2. The monoisotopic (exact) mass is 448 g/mol. The van der Waals surface area contributed by atoms with Crippen molar-refractivity contribution in [1.29, 1.82) is 0 Å². The number of rotatable bonds is 6. The molecule has 0 saturated heterocycles. The Balaban J connectivity index is 1.39. The minimum absolute atomic E-state index is 0.249. The van der Waals surface area contributed by atoms with Crippen molar-refractivity contribution in [3.63, 3.8) is 0 Å². The van der Waals surface area contributed by atoms with Crippen LogP contribution in [-0.2, 0) is 13.1 Å². The molecule has 0 radical (unpaired) electrons. The molecule has 2 aromatic carbocycles. The normalized spacial score (nSPS) is 10.9. The van der Waals surface area contributed by atoms with Gasteiger partial charge in [-0.3, -0.25) is 9.36 Å². The highest BCUT2D eigenvalue weighted by molar-refractivity contribution is 7.80. The van der Waals surface area contributed by atoms with Crippen LogP contribution in [0.25, 0.3) is 0 Å². The molecule has 0 amide bonds. The summed E-state index contributed by atoms with van der Waals surface area (Å²) in [6, 6.07) is 14.8. The molecule has 6 nitrogen and oxygen atoms in total. The quantitative estimate of drug-likeness (QED) is 0.404. The van der Waals surface area contributed by atoms with E-state index in [1.54, 1.807) is 23.0 Å². The van der Waals surface area contributed by atoms with Crippen LogP contribution in [0.4, 0.5) is 15.8 Å². The molecule has 0 atom stereocenters. The molecule has 0 aliphatic heterocycles. The third-order valence-corrected chi connectivity index (χ3v) is 5.43. The zero-order valence-electron chi connectivity index (χ0n) is 18.3. The van der Waals surface area contributed by atoms with E-state index in [0.717, 1.165) is 28.3 Å². The molecule has 0 spiro atoms. The zero-order valence-corrected chi connectivity index (χ0v) is 19.1. The Morgan fingerprint density at radius 3 is 2.31 bits per heavy atom. The lowest BCUT2D eigenvalue weighted by Crippen LogP contribution is -2.19. The first kappa shape index (κ1) is 21.7. The van der Waals surface area contributed by atoms with Crippen LogP contribution in [0.5, 0.6) is 0 Å². The van der Waals surface area contributed by atoms with E-state index in [-0.39, 0.29) is 5.82 Å². The van der Waals surface area contributed by atoms with Crippen LogP contribution in [0.1, 0.15) is 28.1 Å². The van der Waals surface area contributed by atoms with Crippen LogP contribution < -0.4 is 10.6 Å². The number of nitrogens with zero attached hydrogens (tertiary/aromatic N) is 4. The second-order valence-corrected chi connectivity index (χ2v) is 8.23. The number of benzene rings is 2. The number of thiocarbonyl (C=S) groups is 1. The van der Waals surface area contributed by atoms with Crippen molar-refractivity contribution < 1.29 is 4.39 Å². The highest BCUT2D eigenvalue weighted by Crippen LogP contribution is 2.21. The van der Waals surface area contributed by atoms with Crippen molar-refractivity contribution in [2.24, 2.45) is 0 Å². The minimum atomic E-state index is -0.249. The molecule has 0 saturated carbocycles. The van der Waals surface area contributed by atoms with Gasteiger partial charge in [0.25, 0.3) is 0 Å². The maximum Gasteiger partial charge on any atom is 0.175 e. The van der Waals surface area contributed by atoms with E-state index in [1.807, 2.05) is 24.7 Å². The van der Waals surface area contributed by atoms with Crippen molar-refractivity contribution >= 4 is 28.7 Å². The molecule has 8 heteroatoms. The molecule has 2 N–H and O–H groups in total. The average Bonchev–Trinajstić information content (AvgIpc) is 3.30. The van der Waals surface area contributed by atoms with E-state index in [9.17, 15) is 4.39 Å². The molecule has 0 bridgehead atoms. The zero-order chi connectivity index (χ0) is 22.7. The lowest BCUT2D eigenvalue weighted by molar-refractivity contribution is 0.624. The fourth-order valence-electron chi connectivity index (χ4n) is 3.47. The topological polar surface area (TPSA) is 59.7 Å². The largest absolute Gasteiger partial charge is 0.330 e. The average molecular weight is 449 g/mol. The molecular weight excluding hydrogens is 423 g/mol. The summed E-state index contributed by atoms with van der Waals surface area (Å²) in [7, 11) is 0. The van der Waals surface area contributed by atoms with E-state index < -0.39 is 0 Å². The fourth-order valence-corrected chi connectivity index (χ4v) is 3.69. The van der Waals surface area contributed by atoms with Crippen molar-refractivity contribution in [3.05, 3.63) is 94.8 Å². The van der Waals surface area contributed by atoms with E-state index in [0.29, 0.717) is 18.2 Å². The number of aromatic nitrogens is 4. The van der Waals surface area contributed by atoms with Crippen LogP contribution in [0.3, 0.4) is 0 Å². The summed E-state index contributed by atoms with van der Waals surface area (Å²) in [4.78, 5) is 0. The van der Waals surface area contributed by atoms with Crippen molar-refractivity contribution in [2.45, 2.75) is 33.9 Å². The predicted molar refractivity (Wildman–Crippen MR) is 130 cm³/mol. The van der Waals surface area contributed by atoms with Gasteiger partial charge in [-0.2, -0.15) is 10.2 Å². The smallest absolute Gasteiger partial charge is 0.175 e. The molecule has 0 aliphatic rings. The van der Waals surface area contributed by atoms with E-state index in [1.165, 1.54) is 23.3 Å². The Morgan fingerprint density at radius 1 is 0.938 bits per heavy atom. The number of nitrogens with one attached hydrogen (secondary N) is 2. The first-order valence-corrected chi connectivity index (χ1v) is 10.7. The Bertz CT molecular complexity index is 1220. The van der Waals surface area contributed by atoms with Gasteiger partial charge in [0.1, 0.15) is 5.82 Å². The predicted octanol–water partition coefficient (Wildman–Crippen LogP) is 5.05. The first-order valence-electron chi connectivity index (χ1n) is 10.3. The molecule has 0 fully saturated rings. The van der Waals surface area contributed by atoms with Gasteiger partial charge in [0, 0.05) is 6.20 Å². The maximum absolute atomic E-state index is 13.1. The number of halogens is 1. The summed E-state index contributed by atoms with van der Waals surface area (Å²) in [5, 5.41) is 15.9. The molecule has 4 aromatic rings. The number of hydrogen-bond donors (Lipinski definition) is 2. The Morgan fingerprint density at radius 2 is 1.59 bits per heavy atom. The standard InChI is InChI=1S/C24H25FN6S/c1-16-4-6-20(7-5-16)14-31-18(3)23(17(2)29-31)28-24(32)27-22-12-26-30(15-22)13-19-8-10-21(25)11-9-19/h4-12,15H,13-14H2,1-3H3,(H2,27,28,32). The molecule has 2 heterocycles. The molecule has 2 aromatic heterocycles. The Labute approximate surface area is 192 Å². The number of hydrogen-bond acceptors (Lipinski definition) is 3. The van der Waals surface area contributed by atoms with Gasteiger partial charge < -0.3 is 10.6 Å². The second-order valence-electron chi connectivity index (χ2n) is 7.82. The minimum Gasteiger partial charge on any atom is -0.330 e. The van der Waals surface area contributed by atoms with Gasteiger partial charge >= 0.3 is 0 Å². The fraction of sp³-hybridized carbons (Fsp3) is 0.208. The van der Waals surface area contributed by atoms with Gasteiger partial charge in [-0.15, -0.1) is 0 Å². The van der Waals surface area contributed by atoms with Crippen LogP contribution in [0, 0.1) is 26.6 Å². The lowest BCUT2D eigenvalue weighted by atomic mass is 10.1. The summed E-state index contributed by atoms with van der Waals surface area (Å²) in [5.41, 5.74) is 6.96. The van der Waals surface area contributed by atoms with Gasteiger partial charge in [-0.25, -0.2) is 4.39 Å².